The molecule has 0 spiro atoms. The van der Waals surface area contributed by atoms with Crippen molar-refractivity contribution in [3.8, 4) is 39.4 Å². The number of hydrogen-bond acceptors (Lipinski definition) is 5. The molecule has 94 heavy (non-hydrogen) atoms. The summed E-state index contributed by atoms with van der Waals surface area (Å²) in [5.41, 5.74) is 29.0. The van der Waals surface area contributed by atoms with Crippen molar-refractivity contribution < 1.29 is 9.15 Å². The minimum atomic E-state index is -0.240. The standard InChI is InChI=1S/C86H64B2N4O2/c1-85(2,3)55-45-41-53(42-46-55)60-33-24-34-61(54-43-47-56(48-44-54)86(4,5)6)82(60)92-71-50-70-66(49-67(71)87-64-35-18-21-38-69(64)91(59-29-14-9-15-30-59)83-79-63-32-17-22-39-75(63)93-77(79)52-74(92)80(83)87)88-65-36-19-23-40-76(65)94-84-78-62-31-16-20-37-68(62)89(57-25-10-7-11-26-57)72(78)51-73(81(84)88)90(70)58-27-12-8-13-28-58/h7-52H,1-6H3. The van der Waals surface area contributed by atoms with Crippen molar-refractivity contribution in [3.05, 3.63) is 290 Å². The maximum absolute atomic E-state index is 7.56. The number of furan rings is 1. The molecule has 13 aromatic carbocycles. The summed E-state index contributed by atoms with van der Waals surface area (Å²) in [6, 6.07) is 104. The smallest absolute Gasteiger partial charge is 0.256 e. The number of anilines is 9. The first-order valence-corrected chi connectivity index (χ1v) is 33.0. The van der Waals surface area contributed by atoms with Gasteiger partial charge in [0.25, 0.3) is 13.4 Å². The van der Waals surface area contributed by atoms with Crippen molar-refractivity contribution >= 4 is 141 Å². The zero-order valence-corrected chi connectivity index (χ0v) is 53.3. The molecule has 0 atom stereocenters. The van der Waals surface area contributed by atoms with Crippen molar-refractivity contribution in [1.29, 1.82) is 0 Å². The summed E-state index contributed by atoms with van der Waals surface area (Å²) in [6.07, 6.45) is 0. The van der Waals surface area contributed by atoms with Crippen LogP contribution in [0.4, 0.5) is 51.2 Å². The van der Waals surface area contributed by atoms with Crippen LogP contribution in [-0.2, 0) is 10.8 Å². The molecule has 6 heterocycles. The lowest BCUT2D eigenvalue weighted by Crippen LogP contribution is -2.64. The van der Waals surface area contributed by atoms with Gasteiger partial charge in [-0.15, -0.1) is 0 Å². The van der Waals surface area contributed by atoms with Gasteiger partial charge in [-0.2, -0.15) is 0 Å². The number of rotatable bonds is 6. The van der Waals surface area contributed by atoms with Gasteiger partial charge in [0.05, 0.1) is 33.2 Å². The third kappa shape index (κ3) is 7.92. The molecule has 15 aromatic rings. The van der Waals surface area contributed by atoms with E-state index in [1.165, 1.54) is 33.0 Å². The second kappa shape index (κ2) is 20.1. The van der Waals surface area contributed by atoms with E-state index in [9.17, 15) is 0 Å². The number of ether oxygens (including phenoxy) is 1. The Balaban J connectivity index is 0.994. The molecule has 0 aliphatic carbocycles. The van der Waals surface area contributed by atoms with Gasteiger partial charge in [-0.25, -0.2) is 0 Å². The Hall–Kier alpha value is -11.2. The fourth-order valence-corrected chi connectivity index (χ4v) is 16.2. The minimum absolute atomic E-state index is 0.0429. The van der Waals surface area contributed by atoms with Crippen LogP contribution >= 0.6 is 0 Å². The molecule has 19 rings (SSSR count). The lowest BCUT2D eigenvalue weighted by Gasteiger charge is -2.47. The third-order valence-electron chi connectivity index (χ3n) is 20.5. The van der Waals surface area contributed by atoms with Gasteiger partial charge in [-0.1, -0.05) is 242 Å². The number of fused-ring (bicyclic) bond motifs is 16. The molecule has 0 bridgehead atoms. The van der Waals surface area contributed by atoms with Gasteiger partial charge >= 0.3 is 0 Å². The number of hydrogen-bond donors (Lipinski definition) is 0. The molecule has 446 valence electrons. The van der Waals surface area contributed by atoms with E-state index in [1.807, 2.05) is 0 Å². The van der Waals surface area contributed by atoms with Crippen LogP contribution in [0.5, 0.6) is 11.5 Å². The summed E-state index contributed by atoms with van der Waals surface area (Å²) in [4.78, 5) is 7.74. The largest absolute Gasteiger partial charge is 0.458 e. The average Bonchev–Trinajstić information content (AvgIpc) is 1.08. The Kier molecular flexibility index (Phi) is 11.7. The van der Waals surface area contributed by atoms with Crippen LogP contribution in [0.1, 0.15) is 52.7 Å². The first-order chi connectivity index (χ1) is 45.9. The van der Waals surface area contributed by atoms with Crippen molar-refractivity contribution in [2.75, 3.05) is 14.7 Å². The van der Waals surface area contributed by atoms with Gasteiger partial charge in [0.1, 0.15) is 22.7 Å². The molecule has 6 nitrogen and oxygen atoms in total. The van der Waals surface area contributed by atoms with Crippen LogP contribution in [0.15, 0.2) is 283 Å². The zero-order chi connectivity index (χ0) is 62.9. The Bertz CT molecular complexity index is 5550. The predicted octanol–water partition coefficient (Wildman–Crippen LogP) is 19.1. The molecule has 0 saturated carbocycles. The SMILES string of the molecule is CC(C)(C)c1ccc(-c2cccc(-c3ccc(C(C)(C)C)cc3)c2N2c3cc4c(cc3B3c5ccccc5N(c5ccccc5)c5c3c2cc2oc3ccccc3c52)B2c3ccccc3Oc3c2c(cc2c3c3ccccc3n2-c2ccccc2)N4c2ccccc2)cc1. The van der Waals surface area contributed by atoms with Crippen LogP contribution in [-0.4, -0.2) is 18.0 Å². The molecule has 0 fully saturated rings. The van der Waals surface area contributed by atoms with Crippen molar-refractivity contribution in [3.63, 3.8) is 0 Å². The maximum Gasteiger partial charge on any atom is 0.256 e. The third-order valence-corrected chi connectivity index (χ3v) is 20.5. The number of benzene rings is 13. The molecule has 0 amide bonds. The average molecular weight is 1210 g/mol. The van der Waals surface area contributed by atoms with Crippen LogP contribution < -0.4 is 52.2 Å². The molecule has 0 radical (unpaired) electrons. The van der Waals surface area contributed by atoms with Gasteiger partial charge in [0.2, 0.25) is 0 Å². The van der Waals surface area contributed by atoms with Crippen LogP contribution in [0, 0.1) is 0 Å². The van der Waals surface area contributed by atoms with Gasteiger partial charge in [-0.3, -0.25) is 0 Å². The Labute approximate surface area is 548 Å². The van der Waals surface area contributed by atoms with Gasteiger partial charge in [-0.05, 0) is 139 Å². The Morgan fingerprint density at radius 1 is 0.330 bits per heavy atom. The second-order valence-corrected chi connectivity index (χ2v) is 27.9. The van der Waals surface area contributed by atoms with Crippen molar-refractivity contribution in [1.82, 2.24) is 4.57 Å². The summed E-state index contributed by atoms with van der Waals surface area (Å²) in [7, 11) is 0. The highest BCUT2D eigenvalue weighted by molar-refractivity contribution is 7.03. The van der Waals surface area contributed by atoms with E-state index < -0.39 is 0 Å². The lowest BCUT2D eigenvalue weighted by atomic mass is 9.30. The van der Waals surface area contributed by atoms with E-state index in [1.54, 1.807) is 0 Å². The summed E-state index contributed by atoms with van der Waals surface area (Å²) in [6.45, 7) is 13.3. The minimum Gasteiger partial charge on any atom is -0.458 e. The monoisotopic (exact) mass is 1210 g/mol. The number of nitrogens with zero attached hydrogens (tertiary/aromatic N) is 4. The highest BCUT2D eigenvalue weighted by atomic mass is 16.5. The predicted molar refractivity (Wildman–Crippen MR) is 396 cm³/mol. The molecule has 2 aromatic heterocycles. The Morgan fingerprint density at radius 3 is 1.52 bits per heavy atom. The fraction of sp³-hybridized carbons (Fsp3) is 0.0930. The quantitative estimate of drug-likeness (QED) is 0.155. The van der Waals surface area contributed by atoms with E-state index in [0.29, 0.717) is 0 Å². The first kappa shape index (κ1) is 54.5. The summed E-state index contributed by atoms with van der Waals surface area (Å²) >= 11 is 0. The van der Waals surface area contributed by atoms with Crippen molar-refractivity contribution in [2.24, 2.45) is 0 Å². The Morgan fingerprint density at radius 2 is 0.862 bits per heavy atom. The van der Waals surface area contributed by atoms with E-state index in [0.717, 1.165) is 145 Å². The zero-order valence-electron chi connectivity index (χ0n) is 53.3. The fourth-order valence-electron chi connectivity index (χ4n) is 16.2. The summed E-state index contributed by atoms with van der Waals surface area (Å²) in [5.74, 6) is 1.76. The van der Waals surface area contributed by atoms with Crippen LogP contribution in [0.3, 0.4) is 0 Å². The second-order valence-electron chi connectivity index (χ2n) is 27.9. The highest BCUT2D eigenvalue weighted by Gasteiger charge is 2.50. The van der Waals surface area contributed by atoms with Crippen LogP contribution in [0.25, 0.3) is 71.7 Å². The first-order valence-electron chi connectivity index (χ1n) is 33.0. The van der Waals surface area contributed by atoms with Gasteiger partial charge < -0.3 is 28.4 Å². The maximum atomic E-state index is 7.56. The summed E-state index contributed by atoms with van der Waals surface area (Å²) in [5, 5.41) is 4.42. The van der Waals surface area contributed by atoms with E-state index in [4.69, 9.17) is 9.15 Å². The van der Waals surface area contributed by atoms with Crippen LogP contribution in [0.2, 0.25) is 0 Å². The number of para-hydroxylation sites is 8. The van der Waals surface area contributed by atoms with Gasteiger partial charge in [0, 0.05) is 73.5 Å². The molecule has 4 aliphatic rings. The van der Waals surface area contributed by atoms with E-state index in [-0.39, 0.29) is 24.3 Å². The van der Waals surface area contributed by atoms with Crippen molar-refractivity contribution in [2.45, 2.75) is 52.4 Å². The molecular weight excluding hydrogens is 1140 g/mol. The topological polar surface area (TPSA) is 37.0 Å². The number of aromatic nitrogens is 1. The molecule has 0 saturated heterocycles. The summed E-state index contributed by atoms with van der Waals surface area (Å²) < 4.78 is 17.3. The lowest BCUT2D eigenvalue weighted by molar-refractivity contribution is 0.493. The molecule has 4 aliphatic heterocycles. The molecule has 0 N–H and O–H groups in total. The molecular formula is C86H64B2N4O2. The molecule has 8 heteroatoms. The van der Waals surface area contributed by atoms with Gasteiger partial charge in [0.15, 0.2) is 0 Å². The van der Waals surface area contributed by atoms with E-state index in [2.05, 4.69) is 340 Å². The molecule has 0 unspecified atom stereocenters. The van der Waals surface area contributed by atoms with E-state index >= 15 is 0 Å². The highest BCUT2D eigenvalue weighted by Crippen LogP contribution is 2.55. The normalized spacial score (nSPS) is 13.6.